The van der Waals surface area contributed by atoms with Crippen LogP contribution in [0.2, 0.25) is 5.02 Å². The first-order chi connectivity index (χ1) is 6.96. The molecule has 1 N–H and O–H groups in total. The maximum Gasteiger partial charge on any atom is 1.00 e. The van der Waals surface area contributed by atoms with Crippen LogP contribution in [0.4, 0.5) is 0 Å². The Kier molecular flexibility index (Phi) is 7.37. The number of halogens is 1. The second-order valence-electron chi connectivity index (χ2n) is 2.88. The summed E-state index contributed by atoms with van der Waals surface area (Å²) in [5, 5.41) is 0.882. The fourth-order valence-corrected chi connectivity index (χ4v) is 1.83. The van der Waals surface area contributed by atoms with Gasteiger partial charge in [0.15, 0.2) is 0 Å². The zero-order valence-corrected chi connectivity index (χ0v) is 14.9. The average Bonchev–Trinajstić information content (AvgIpc) is 2.46. The summed E-state index contributed by atoms with van der Waals surface area (Å²) in [7, 11) is -5.04. The zero-order chi connectivity index (χ0) is 11.1. The minimum Gasteiger partial charge on any atom is -0.780 e. The van der Waals surface area contributed by atoms with Crippen molar-refractivity contribution in [3.8, 4) is 5.75 Å². The number of benzene rings is 1. The molecular formula is C8H5ClNNa2O4P. The summed E-state index contributed by atoms with van der Waals surface area (Å²) in [4.78, 5) is 23.6. The molecule has 0 aliphatic heterocycles. The molecule has 80 valence electrons. The Labute approximate surface area is 147 Å². The Balaban J connectivity index is 0.00000128. The third-order valence-corrected chi connectivity index (χ3v) is 2.47. The van der Waals surface area contributed by atoms with Crippen molar-refractivity contribution < 1.29 is 78.0 Å². The van der Waals surface area contributed by atoms with Crippen LogP contribution < -0.4 is 73.4 Å². The van der Waals surface area contributed by atoms with Crippen molar-refractivity contribution in [2.45, 2.75) is 0 Å². The van der Waals surface area contributed by atoms with Gasteiger partial charge in [-0.1, -0.05) is 11.6 Å². The number of aromatic amines is 1. The molecule has 0 aliphatic rings. The molecule has 0 amide bonds. The van der Waals surface area contributed by atoms with E-state index >= 15 is 0 Å². The fraction of sp³-hybridized carbons (Fsp3) is 0. The molecule has 0 spiro atoms. The van der Waals surface area contributed by atoms with Crippen LogP contribution in [0.25, 0.3) is 10.9 Å². The molecule has 0 unspecified atom stereocenters. The van der Waals surface area contributed by atoms with Crippen LogP contribution in [0.15, 0.2) is 24.4 Å². The average molecular weight is 292 g/mol. The third kappa shape index (κ3) is 4.88. The van der Waals surface area contributed by atoms with Crippen LogP contribution in [0.5, 0.6) is 5.75 Å². The second-order valence-corrected chi connectivity index (χ2v) is 4.39. The van der Waals surface area contributed by atoms with Crippen molar-refractivity contribution in [3.63, 3.8) is 0 Å². The van der Waals surface area contributed by atoms with E-state index in [0.29, 0.717) is 15.9 Å². The summed E-state index contributed by atoms with van der Waals surface area (Å²) in [6, 6.07) is 4.81. The van der Waals surface area contributed by atoms with E-state index in [0.717, 1.165) is 0 Å². The van der Waals surface area contributed by atoms with E-state index in [1.165, 1.54) is 12.3 Å². The maximum atomic E-state index is 10.4. The van der Waals surface area contributed by atoms with E-state index in [1.54, 1.807) is 12.1 Å². The first-order valence-electron chi connectivity index (χ1n) is 3.94. The fourth-order valence-electron chi connectivity index (χ4n) is 1.26. The largest absolute Gasteiger partial charge is 1.00 e. The molecule has 1 heterocycles. The number of H-pyrrole nitrogens is 1. The topological polar surface area (TPSA) is 88.2 Å². The third-order valence-electron chi connectivity index (χ3n) is 1.82. The van der Waals surface area contributed by atoms with Gasteiger partial charge in [-0.2, -0.15) is 0 Å². The van der Waals surface area contributed by atoms with E-state index in [9.17, 15) is 14.4 Å². The van der Waals surface area contributed by atoms with Gasteiger partial charge in [-0.25, -0.2) is 0 Å². The van der Waals surface area contributed by atoms with E-state index in [2.05, 4.69) is 9.51 Å². The number of phosphoric ester groups is 1. The predicted octanol–water partition coefficient (Wildman–Crippen LogP) is -4.96. The molecule has 0 atom stereocenters. The number of rotatable bonds is 2. The first-order valence-corrected chi connectivity index (χ1v) is 5.78. The molecule has 2 aromatic rings. The molecule has 1 aromatic carbocycles. The quantitative estimate of drug-likeness (QED) is 0.443. The maximum absolute atomic E-state index is 10.4. The van der Waals surface area contributed by atoms with Crippen molar-refractivity contribution in [3.05, 3.63) is 29.4 Å². The molecule has 0 saturated heterocycles. The van der Waals surface area contributed by atoms with Crippen molar-refractivity contribution in [1.29, 1.82) is 0 Å². The van der Waals surface area contributed by atoms with Gasteiger partial charge < -0.3 is 23.9 Å². The van der Waals surface area contributed by atoms with Gasteiger partial charge >= 0.3 is 59.1 Å². The summed E-state index contributed by atoms with van der Waals surface area (Å²) in [6.07, 6.45) is 1.30. The van der Waals surface area contributed by atoms with E-state index in [1.807, 2.05) is 0 Å². The van der Waals surface area contributed by atoms with Crippen molar-refractivity contribution in [1.82, 2.24) is 4.98 Å². The zero-order valence-electron chi connectivity index (χ0n) is 9.27. The standard InChI is InChI=1S/C8H7ClNO4P.2Na/c9-5-1-2-7-6(3-5)8(4-10-7)14-15(11,12)13;;/h1-4,10H,(H2,11,12,13);;/q;2*+1/p-2. The van der Waals surface area contributed by atoms with E-state index < -0.39 is 7.82 Å². The van der Waals surface area contributed by atoms with Crippen LogP contribution in [-0.4, -0.2) is 4.98 Å². The van der Waals surface area contributed by atoms with Gasteiger partial charge in [-0.15, -0.1) is 0 Å². The number of nitrogens with one attached hydrogen (secondary N) is 1. The van der Waals surface area contributed by atoms with Gasteiger partial charge in [0, 0.05) is 22.1 Å². The van der Waals surface area contributed by atoms with Crippen molar-refractivity contribution in [2.24, 2.45) is 0 Å². The molecule has 0 saturated carbocycles. The summed E-state index contributed by atoms with van der Waals surface area (Å²) in [5.41, 5.74) is 0.642. The number of aromatic nitrogens is 1. The number of hydrogen-bond donors (Lipinski definition) is 1. The smallest absolute Gasteiger partial charge is 0.780 e. The van der Waals surface area contributed by atoms with Crippen LogP contribution in [0.1, 0.15) is 0 Å². The Morgan fingerprint density at radius 2 is 1.94 bits per heavy atom. The SMILES string of the molecule is O=P([O-])([O-])Oc1c[nH]c2ccc(Cl)cc12.[Na+].[Na+]. The Hall–Kier alpha value is 1.00. The number of hydrogen-bond acceptors (Lipinski definition) is 4. The van der Waals surface area contributed by atoms with Gasteiger partial charge in [0.1, 0.15) is 13.6 Å². The summed E-state index contributed by atoms with van der Waals surface area (Å²) in [6.45, 7) is 0. The first kappa shape index (κ1) is 18.0. The Bertz CT molecular complexity index is 555. The Morgan fingerprint density at radius 1 is 1.29 bits per heavy atom. The molecule has 1 aromatic heterocycles. The monoisotopic (exact) mass is 291 g/mol. The minimum atomic E-state index is -5.04. The van der Waals surface area contributed by atoms with Crippen LogP contribution in [0.3, 0.4) is 0 Å². The number of fused-ring (bicyclic) bond motifs is 1. The van der Waals surface area contributed by atoms with Gasteiger partial charge in [0.05, 0.1) is 0 Å². The summed E-state index contributed by atoms with van der Waals surface area (Å²) >= 11 is 5.72. The van der Waals surface area contributed by atoms with E-state index in [-0.39, 0.29) is 64.9 Å². The molecule has 17 heavy (non-hydrogen) atoms. The number of phosphoric acid groups is 1. The molecule has 0 aliphatic carbocycles. The van der Waals surface area contributed by atoms with Gasteiger partial charge in [0.25, 0.3) is 0 Å². The van der Waals surface area contributed by atoms with Gasteiger partial charge in [0.2, 0.25) is 0 Å². The van der Waals surface area contributed by atoms with Gasteiger partial charge in [-0.3, -0.25) is 0 Å². The predicted molar refractivity (Wildman–Crippen MR) is 51.5 cm³/mol. The summed E-state index contributed by atoms with van der Waals surface area (Å²) in [5.74, 6) is -0.0409. The molecule has 9 heteroatoms. The van der Waals surface area contributed by atoms with E-state index in [4.69, 9.17) is 11.6 Å². The molecule has 0 bridgehead atoms. The van der Waals surface area contributed by atoms with Crippen molar-refractivity contribution >= 4 is 30.3 Å². The van der Waals surface area contributed by atoms with Crippen molar-refractivity contribution in [2.75, 3.05) is 0 Å². The van der Waals surface area contributed by atoms with Gasteiger partial charge in [-0.05, 0) is 18.2 Å². The van der Waals surface area contributed by atoms with Crippen LogP contribution in [0, 0.1) is 0 Å². The molecule has 0 fully saturated rings. The minimum absolute atomic E-state index is 0. The Morgan fingerprint density at radius 3 is 2.53 bits per heavy atom. The second kappa shape index (κ2) is 6.96. The van der Waals surface area contributed by atoms with Crippen LogP contribution in [-0.2, 0) is 4.57 Å². The molecule has 0 radical (unpaired) electrons. The summed E-state index contributed by atoms with van der Waals surface area (Å²) < 4.78 is 14.7. The normalized spacial score (nSPS) is 10.5. The molecule has 5 nitrogen and oxygen atoms in total. The molecular weight excluding hydrogens is 286 g/mol. The molecule has 2 rings (SSSR count). The van der Waals surface area contributed by atoms with Crippen LogP contribution >= 0.6 is 19.4 Å².